The van der Waals surface area contributed by atoms with Gasteiger partial charge in [0, 0.05) is 6.20 Å². The summed E-state index contributed by atoms with van der Waals surface area (Å²) < 4.78 is 1.72. The van der Waals surface area contributed by atoms with E-state index in [1.807, 2.05) is 12.3 Å². The van der Waals surface area contributed by atoms with Crippen LogP contribution in [0, 0.1) is 0 Å². The van der Waals surface area contributed by atoms with Crippen molar-refractivity contribution in [1.82, 2.24) is 9.78 Å². The third kappa shape index (κ3) is 2.01. The SMILES string of the molecule is CCc1ccn(CN)n1.Cl. The van der Waals surface area contributed by atoms with Crippen molar-refractivity contribution < 1.29 is 0 Å². The van der Waals surface area contributed by atoms with E-state index in [9.17, 15) is 0 Å². The van der Waals surface area contributed by atoms with Gasteiger partial charge in [0.15, 0.2) is 0 Å². The Labute approximate surface area is 66.6 Å². The van der Waals surface area contributed by atoms with Crippen LogP contribution in [0.4, 0.5) is 0 Å². The van der Waals surface area contributed by atoms with Gasteiger partial charge >= 0.3 is 0 Å². The molecule has 58 valence electrons. The van der Waals surface area contributed by atoms with Crippen molar-refractivity contribution in [3.8, 4) is 0 Å². The van der Waals surface area contributed by atoms with Crippen molar-refractivity contribution in [2.75, 3.05) is 0 Å². The van der Waals surface area contributed by atoms with Crippen molar-refractivity contribution in [1.29, 1.82) is 0 Å². The van der Waals surface area contributed by atoms with Crippen molar-refractivity contribution in [3.05, 3.63) is 18.0 Å². The smallest absolute Gasteiger partial charge is 0.0878 e. The molecule has 0 saturated carbocycles. The summed E-state index contributed by atoms with van der Waals surface area (Å²) in [5.74, 6) is 0. The van der Waals surface area contributed by atoms with Gasteiger partial charge in [-0.3, -0.25) is 4.68 Å². The fraction of sp³-hybridized carbons (Fsp3) is 0.500. The highest BCUT2D eigenvalue weighted by atomic mass is 35.5. The molecule has 0 aromatic carbocycles. The van der Waals surface area contributed by atoms with Gasteiger partial charge in [-0.1, -0.05) is 6.92 Å². The molecule has 1 rings (SSSR count). The van der Waals surface area contributed by atoms with E-state index >= 15 is 0 Å². The minimum absolute atomic E-state index is 0. The lowest BCUT2D eigenvalue weighted by Crippen LogP contribution is -2.07. The second kappa shape index (κ2) is 4.30. The fourth-order valence-corrected chi connectivity index (χ4v) is 0.694. The van der Waals surface area contributed by atoms with E-state index in [-0.39, 0.29) is 12.4 Å². The maximum atomic E-state index is 5.32. The number of nitrogens with two attached hydrogens (primary N) is 1. The van der Waals surface area contributed by atoms with Crippen LogP contribution in [-0.4, -0.2) is 9.78 Å². The molecule has 1 aromatic rings. The predicted octanol–water partition coefficient (Wildman–Crippen LogP) is 0.783. The van der Waals surface area contributed by atoms with E-state index in [4.69, 9.17) is 5.73 Å². The molecule has 0 atom stereocenters. The van der Waals surface area contributed by atoms with Crippen molar-refractivity contribution in [2.45, 2.75) is 20.0 Å². The molecule has 0 radical (unpaired) electrons. The average molecular weight is 162 g/mol. The molecule has 0 aliphatic heterocycles. The van der Waals surface area contributed by atoms with E-state index in [2.05, 4.69) is 12.0 Å². The van der Waals surface area contributed by atoms with E-state index in [1.54, 1.807) is 4.68 Å². The van der Waals surface area contributed by atoms with Crippen molar-refractivity contribution >= 4 is 12.4 Å². The summed E-state index contributed by atoms with van der Waals surface area (Å²) in [6, 6.07) is 1.98. The zero-order valence-corrected chi connectivity index (χ0v) is 6.77. The number of aryl methyl sites for hydroxylation is 1. The molecule has 3 nitrogen and oxygen atoms in total. The van der Waals surface area contributed by atoms with E-state index in [0.29, 0.717) is 6.67 Å². The summed E-state index contributed by atoms with van der Waals surface area (Å²) in [5, 5.41) is 4.14. The summed E-state index contributed by atoms with van der Waals surface area (Å²) in [6.45, 7) is 2.54. The Balaban J connectivity index is 0.000000810. The van der Waals surface area contributed by atoms with Crippen LogP contribution < -0.4 is 5.73 Å². The van der Waals surface area contributed by atoms with Crippen LogP contribution in [0.25, 0.3) is 0 Å². The minimum Gasteiger partial charge on any atom is -0.312 e. The van der Waals surface area contributed by atoms with Crippen LogP contribution in [0.1, 0.15) is 12.6 Å². The molecule has 4 heteroatoms. The Morgan fingerprint density at radius 2 is 2.40 bits per heavy atom. The number of aromatic nitrogens is 2. The highest BCUT2D eigenvalue weighted by Gasteiger charge is 1.91. The summed E-state index contributed by atoms with van der Waals surface area (Å²) >= 11 is 0. The van der Waals surface area contributed by atoms with Gasteiger partial charge in [0.1, 0.15) is 0 Å². The van der Waals surface area contributed by atoms with E-state index in [1.165, 1.54) is 0 Å². The van der Waals surface area contributed by atoms with E-state index < -0.39 is 0 Å². The Kier molecular flexibility index (Phi) is 4.07. The summed E-state index contributed by atoms with van der Waals surface area (Å²) in [4.78, 5) is 0. The fourth-order valence-electron chi connectivity index (χ4n) is 0.694. The molecule has 0 fully saturated rings. The quantitative estimate of drug-likeness (QED) is 0.697. The zero-order valence-electron chi connectivity index (χ0n) is 5.95. The van der Waals surface area contributed by atoms with Gasteiger partial charge in [-0.25, -0.2) is 0 Å². The molecule has 0 amide bonds. The Hall–Kier alpha value is -0.540. The number of nitrogens with zero attached hydrogens (tertiary/aromatic N) is 2. The van der Waals surface area contributed by atoms with Gasteiger partial charge in [-0.05, 0) is 12.5 Å². The molecule has 0 saturated heterocycles. The lowest BCUT2D eigenvalue weighted by Gasteiger charge is -1.90. The molecule has 1 heterocycles. The minimum atomic E-state index is 0. The lowest BCUT2D eigenvalue weighted by molar-refractivity contribution is 0.628. The van der Waals surface area contributed by atoms with Crippen molar-refractivity contribution in [3.63, 3.8) is 0 Å². The van der Waals surface area contributed by atoms with Gasteiger partial charge in [0.05, 0.1) is 12.4 Å². The number of hydrogen-bond donors (Lipinski definition) is 1. The molecule has 0 spiro atoms. The maximum absolute atomic E-state index is 5.32. The molecule has 0 aliphatic rings. The van der Waals surface area contributed by atoms with Gasteiger partial charge < -0.3 is 5.73 Å². The first-order chi connectivity index (χ1) is 4.36. The molecule has 2 N–H and O–H groups in total. The number of rotatable bonds is 2. The van der Waals surface area contributed by atoms with Crippen LogP contribution in [0.2, 0.25) is 0 Å². The van der Waals surface area contributed by atoms with Crippen LogP contribution in [0.3, 0.4) is 0 Å². The maximum Gasteiger partial charge on any atom is 0.0878 e. The monoisotopic (exact) mass is 161 g/mol. The first-order valence-electron chi connectivity index (χ1n) is 3.09. The standard InChI is InChI=1S/C6H11N3.ClH/c1-2-6-3-4-9(5-7)8-6;/h3-4H,2,5,7H2,1H3;1H. The first-order valence-corrected chi connectivity index (χ1v) is 3.09. The van der Waals surface area contributed by atoms with Gasteiger partial charge in [-0.15, -0.1) is 12.4 Å². The summed E-state index contributed by atoms with van der Waals surface area (Å²) in [5.41, 5.74) is 6.42. The third-order valence-corrected chi connectivity index (χ3v) is 1.25. The van der Waals surface area contributed by atoms with Crippen LogP contribution in [0.5, 0.6) is 0 Å². The Bertz CT molecular complexity index is 166. The average Bonchev–Trinajstić information content (AvgIpc) is 2.34. The normalized spacial score (nSPS) is 9.00. The largest absolute Gasteiger partial charge is 0.312 e. The summed E-state index contributed by atoms with van der Waals surface area (Å²) in [6.07, 6.45) is 2.87. The third-order valence-electron chi connectivity index (χ3n) is 1.25. The zero-order chi connectivity index (χ0) is 6.69. The molecule has 0 aliphatic carbocycles. The second-order valence-corrected chi connectivity index (χ2v) is 1.88. The molecular weight excluding hydrogens is 150 g/mol. The highest BCUT2D eigenvalue weighted by molar-refractivity contribution is 5.85. The van der Waals surface area contributed by atoms with Crippen LogP contribution >= 0.6 is 12.4 Å². The number of halogens is 1. The predicted molar refractivity (Wildman–Crippen MR) is 43.0 cm³/mol. The molecule has 10 heavy (non-hydrogen) atoms. The van der Waals surface area contributed by atoms with Crippen LogP contribution in [0.15, 0.2) is 12.3 Å². The van der Waals surface area contributed by atoms with Gasteiger partial charge in [0.25, 0.3) is 0 Å². The lowest BCUT2D eigenvalue weighted by atomic mass is 10.4. The van der Waals surface area contributed by atoms with Gasteiger partial charge in [-0.2, -0.15) is 5.10 Å². The molecule has 0 bridgehead atoms. The molecule has 1 aromatic heterocycles. The number of hydrogen-bond acceptors (Lipinski definition) is 2. The highest BCUT2D eigenvalue weighted by Crippen LogP contribution is 1.93. The van der Waals surface area contributed by atoms with Gasteiger partial charge in [0.2, 0.25) is 0 Å². The van der Waals surface area contributed by atoms with E-state index in [0.717, 1.165) is 12.1 Å². The Morgan fingerprint density at radius 1 is 1.70 bits per heavy atom. The second-order valence-electron chi connectivity index (χ2n) is 1.88. The molecule has 0 unspecified atom stereocenters. The topological polar surface area (TPSA) is 43.8 Å². The Morgan fingerprint density at radius 3 is 2.70 bits per heavy atom. The first kappa shape index (κ1) is 9.46. The summed E-state index contributed by atoms with van der Waals surface area (Å²) in [7, 11) is 0. The van der Waals surface area contributed by atoms with Crippen LogP contribution in [-0.2, 0) is 13.1 Å². The van der Waals surface area contributed by atoms with Crippen molar-refractivity contribution in [2.24, 2.45) is 5.73 Å². The molecular formula is C6H12ClN3.